The first-order valence-electron chi connectivity index (χ1n) is 7.92. The Labute approximate surface area is 159 Å². The van der Waals surface area contributed by atoms with Gasteiger partial charge in [-0.25, -0.2) is 9.59 Å². The molecule has 0 spiro atoms. The minimum absolute atomic E-state index is 0.121. The first kappa shape index (κ1) is 18.1. The Morgan fingerprint density at radius 3 is 2.50 bits per heavy atom. The minimum atomic E-state index is -1.12. The van der Waals surface area contributed by atoms with Gasteiger partial charge in [0.25, 0.3) is 5.91 Å². The lowest BCUT2D eigenvalue weighted by Crippen LogP contribution is -2.40. The number of carbonyl (C=O) groups excluding carboxylic acids is 3. The number of halogens is 1. The van der Waals surface area contributed by atoms with E-state index in [1.54, 1.807) is 37.3 Å². The summed E-state index contributed by atoms with van der Waals surface area (Å²) >= 11 is 3.39. The van der Waals surface area contributed by atoms with Gasteiger partial charge in [0.05, 0.1) is 19.2 Å². The molecular weight excluding hydrogens is 400 g/mol. The van der Waals surface area contributed by atoms with Crippen LogP contribution in [0.15, 0.2) is 53.0 Å². The van der Waals surface area contributed by atoms with Gasteiger partial charge in [0, 0.05) is 4.47 Å². The van der Waals surface area contributed by atoms with Gasteiger partial charge in [-0.3, -0.25) is 9.69 Å². The molecule has 0 radical (unpaired) electrons. The van der Waals surface area contributed by atoms with Crippen LogP contribution in [0.2, 0.25) is 0 Å². The van der Waals surface area contributed by atoms with E-state index in [1.165, 1.54) is 12.0 Å². The predicted octanol–water partition coefficient (Wildman–Crippen LogP) is 3.20. The Balaban J connectivity index is 1.82. The molecule has 3 rings (SSSR count). The summed E-state index contributed by atoms with van der Waals surface area (Å²) in [7, 11) is 1.31. The van der Waals surface area contributed by atoms with Crippen LogP contribution in [-0.2, 0) is 21.6 Å². The van der Waals surface area contributed by atoms with Crippen LogP contribution in [-0.4, -0.2) is 29.9 Å². The molecule has 1 N–H and O–H groups in total. The van der Waals surface area contributed by atoms with E-state index in [4.69, 9.17) is 0 Å². The zero-order chi connectivity index (χ0) is 18.9. The molecule has 0 bridgehead atoms. The van der Waals surface area contributed by atoms with Gasteiger partial charge in [-0.2, -0.15) is 0 Å². The van der Waals surface area contributed by atoms with Gasteiger partial charge in [0.1, 0.15) is 5.54 Å². The molecule has 1 heterocycles. The zero-order valence-corrected chi connectivity index (χ0v) is 15.9. The molecule has 134 valence electrons. The van der Waals surface area contributed by atoms with Crippen LogP contribution in [0.25, 0.3) is 0 Å². The van der Waals surface area contributed by atoms with E-state index in [0.29, 0.717) is 11.1 Å². The topological polar surface area (TPSA) is 75.7 Å². The number of carbonyl (C=O) groups is 3. The summed E-state index contributed by atoms with van der Waals surface area (Å²) in [6.07, 6.45) is 0. The summed E-state index contributed by atoms with van der Waals surface area (Å²) in [5.41, 5.74) is 0.730. The van der Waals surface area contributed by atoms with Crippen molar-refractivity contribution in [1.82, 2.24) is 10.2 Å². The van der Waals surface area contributed by atoms with Crippen molar-refractivity contribution in [3.8, 4) is 0 Å². The highest BCUT2D eigenvalue weighted by molar-refractivity contribution is 9.10. The third-order valence-electron chi connectivity index (χ3n) is 4.39. The van der Waals surface area contributed by atoms with Crippen LogP contribution in [0, 0.1) is 0 Å². The minimum Gasteiger partial charge on any atom is -0.465 e. The van der Waals surface area contributed by atoms with E-state index in [0.717, 1.165) is 10.0 Å². The molecular formula is C19H17BrN2O4. The Morgan fingerprint density at radius 2 is 1.88 bits per heavy atom. The van der Waals surface area contributed by atoms with E-state index in [9.17, 15) is 14.4 Å². The lowest BCUT2D eigenvalue weighted by atomic mass is 9.92. The SMILES string of the molecule is COC(=O)c1ccc(CN2C(=O)NC(C)(c3cccc(Br)c3)C2=O)cc1. The molecule has 2 aromatic rings. The normalized spacial score (nSPS) is 19.4. The van der Waals surface area contributed by atoms with Crippen LogP contribution in [0.4, 0.5) is 4.79 Å². The average Bonchev–Trinajstić information content (AvgIpc) is 2.86. The molecule has 1 aliphatic heterocycles. The largest absolute Gasteiger partial charge is 0.465 e. The molecule has 0 saturated carbocycles. The van der Waals surface area contributed by atoms with Gasteiger partial charge < -0.3 is 10.1 Å². The summed E-state index contributed by atoms with van der Waals surface area (Å²) in [4.78, 5) is 38.0. The summed E-state index contributed by atoms with van der Waals surface area (Å²) in [6, 6.07) is 13.4. The molecule has 0 aromatic heterocycles. The monoisotopic (exact) mass is 416 g/mol. The number of hydrogen-bond acceptors (Lipinski definition) is 4. The Hall–Kier alpha value is -2.67. The van der Waals surface area contributed by atoms with Crippen LogP contribution >= 0.6 is 15.9 Å². The summed E-state index contributed by atoms with van der Waals surface area (Å²) in [5, 5.41) is 2.78. The number of urea groups is 1. The fourth-order valence-electron chi connectivity index (χ4n) is 2.88. The van der Waals surface area contributed by atoms with Crippen molar-refractivity contribution in [1.29, 1.82) is 0 Å². The van der Waals surface area contributed by atoms with Crippen molar-refractivity contribution in [2.45, 2.75) is 19.0 Å². The molecule has 26 heavy (non-hydrogen) atoms. The van der Waals surface area contributed by atoms with Crippen molar-refractivity contribution in [2.75, 3.05) is 7.11 Å². The number of imide groups is 1. The van der Waals surface area contributed by atoms with Crippen molar-refractivity contribution in [2.24, 2.45) is 0 Å². The molecule has 6 nitrogen and oxygen atoms in total. The van der Waals surface area contributed by atoms with E-state index in [-0.39, 0.29) is 12.5 Å². The standard InChI is InChI=1S/C19H17BrN2O4/c1-19(14-4-3-5-15(20)10-14)17(24)22(18(25)21-19)11-12-6-8-13(9-7-12)16(23)26-2/h3-10H,11H2,1-2H3,(H,21,25). The fraction of sp³-hybridized carbons (Fsp3) is 0.211. The molecule has 3 amide bonds. The van der Waals surface area contributed by atoms with Gasteiger partial charge >= 0.3 is 12.0 Å². The lowest BCUT2D eigenvalue weighted by Gasteiger charge is -2.22. The highest BCUT2D eigenvalue weighted by atomic mass is 79.9. The Kier molecular flexibility index (Phi) is 4.82. The second-order valence-corrected chi connectivity index (χ2v) is 7.06. The van der Waals surface area contributed by atoms with Gasteiger partial charge in [0.15, 0.2) is 0 Å². The third kappa shape index (κ3) is 3.22. The molecule has 7 heteroatoms. The molecule has 1 fully saturated rings. The molecule has 1 atom stereocenters. The molecule has 1 unspecified atom stereocenters. The van der Waals surface area contributed by atoms with Crippen LogP contribution in [0.1, 0.15) is 28.4 Å². The molecule has 1 aliphatic rings. The Morgan fingerprint density at radius 1 is 1.19 bits per heavy atom. The van der Waals surface area contributed by atoms with Crippen molar-refractivity contribution in [3.63, 3.8) is 0 Å². The highest BCUT2D eigenvalue weighted by Gasteiger charge is 2.48. The number of nitrogens with one attached hydrogen (secondary N) is 1. The van der Waals surface area contributed by atoms with Crippen LogP contribution in [0.3, 0.4) is 0 Å². The number of esters is 1. The van der Waals surface area contributed by atoms with Gasteiger partial charge in [-0.15, -0.1) is 0 Å². The smallest absolute Gasteiger partial charge is 0.337 e. The summed E-state index contributed by atoms with van der Waals surface area (Å²) < 4.78 is 5.49. The number of benzene rings is 2. The summed E-state index contributed by atoms with van der Waals surface area (Å²) in [6.45, 7) is 1.81. The van der Waals surface area contributed by atoms with Gasteiger partial charge in [0.2, 0.25) is 0 Å². The van der Waals surface area contributed by atoms with E-state index < -0.39 is 17.5 Å². The van der Waals surface area contributed by atoms with Crippen molar-refractivity contribution < 1.29 is 19.1 Å². The molecule has 0 aliphatic carbocycles. The van der Waals surface area contributed by atoms with Crippen molar-refractivity contribution >= 4 is 33.8 Å². The van der Waals surface area contributed by atoms with E-state index >= 15 is 0 Å². The van der Waals surface area contributed by atoms with E-state index in [2.05, 4.69) is 26.0 Å². The van der Waals surface area contributed by atoms with E-state index in [1.807, 2.05) is 18.2 Å². The lowest BCUT2D eigenvalue weighted by molar-refractivity contribution is -0.131. The first-order valence-corrected chi connectivity index (χ1v) is 8.72. The van der Waals surface area contributed by atoms with Crippen LogP contribution in [0.5, 0.6) is 0 Å². The number of nitrogens with zero attached hydrogens (tertiary/aromatic N) is 1. The van der Waals surface area contributed by atoms with Gasteiger partial charge in [-0.05, 0) is 42.3 Å². The average molecular weight is 417 g/mol. The highest BCUT2D eigenvalue weighted by Crippen LogP contribution is 2.31. The number of ether oxygens (including phenoxy) is 1. The molecule has 1 saturated heterocycles. The predicted molar refractivity (Wildman–Crippen MR) is 98.4 cm³/mol. The fourth-order valence-corrected chi connectivity index (χ4v) is 3.28. The number of amides is 3. The number of hydrogen-bond donors (Lipinski definition) is 1. The van der Waals surface area contributed by atoms with Gasteiger partial charge in [-0.1, -0.05) is 40.2 Å². The maximum atomic E-state index is 12.9. The number of methoxy groups -OCH3 is 1. The number of rotatable bonds is 4. The second-order valence-electron chi connectivity index (χ2n) is 6.15. The first-order chi connectivity index (χ1) is 12.3. The maximum Gasteiger partial charge on any atom is 0.337 e. The van der Waals surface area contributed by atoms with Crippen LogP contribution < -0.4 is 5.32 Å². The zero-order valence-electron chi connectivity index (χ0n) is 14.3. The Bertz CT molecular complexity index is 881. The van der Waals surface area contributed by atoms with Crippen molar-refractivity contribution in [3.05, 3.63) is 69.7 Å². The molecule has 2 aromatic carbocycles. The second kappa shape index (κ2) is 6.92. The maximum absolute atomic E-state index is 12.9. The third-order valence-corrected chi connectivity index (χ3v) is 4.89. The summed E-state index contributed by atoms with van der Waals surface area (Å²) in [5.74, 6) is -0.758. The quantitative estimate of drug-likeness (QED) is 0.613.